The number of halogens is 1. The summed E-state index contributed by atoms with van der Waals surface area (Å²) in [4.78, 5) is 6.85. The van der Waals surface area contributed by atoms with E-state index in [-0.39, 0.29) is 0 Å². The van der Waals surface area contributed by atoms with Crippen LogP contribution in [0.2, 0.25) is 0 Å². The van der Waals surface area contributed by atoms with Crippen LogP contribution in [0.4, 0.5) is 17.2 Å². The third-order valence-corrected chi connectivity index (χ3v) is 6.73. The minimum absolute atomic E-state index is 0.435. The Kier molecular flexibility index (Phi) is 7.96. The maximum Gasteiger partial charge on any atom is 0.154 e. The molecule has 0 fully saturated rings. The highest BCUT2D eigenvalue weighted by atomic mass is 127. The Morgan fingerprint density at radius 2 is 1.27 bits per heavy atom. The van der Waals surface area contributed by atoms with Gasteiger partial charge in [-0.3, -0.25) is 0 Å². The Hall–Kier alpha value is -3.08. The van der Waals surface area contributed by atoms with E-state index in [0.717, 1.165) is 20.4 Å². The number of hydrogen-bond acceptors (Lipinski definition) is 8. The van der Waals surface area contributed by atoms with Crippen molar-refractivity contribution in [2.45, 2.75) is 20.0 Å². The van der Waals surface area contributed by atoms with Crippen LogP contribution in [-0.2, 0) is 13.1 Å². The van der Waals surface area contributed by atoms with E-state index in [1.165, 1.54) is 0 Å². The quantitative estimate of drug-likeness (QED) is 0.369. The third-order valence-electron chi connectivity index (χ3n) is 5.37. The second-order valence-electron chi connectivity index (χ2n) is 7.37. The van der Waals surface area contributed by atoms with Crippen molar-refractivity contribution in [2.24, 2.45) is 0 Å². The van der Waals surface area contributed by atoms with Gasteiger partial charge in [0.2, 0.25) is 0 Å². The molecule has 2 aromatic carbocycles. The summed E-state index contributed by atoms with van der Waals surface area (Å²) in [7, 11) is 6.51. The van der Waals surface area contributed by atoms with Gasteiger partial charge in [0.15, 0.2) is 5.82 Å². The van der Waals surface area contributed by atoms with Gasteiger partial charge in [-0.05, 0) is 53.8 Å². The van der Waals surface area contributed by atoms with E-state index in [9.17, 15) is 0 Å². The zero-order chi connectivity index (χ0) is 24.1. The molecule has 1 aromatic heterocycles. The first-order chi connectivity index (χ1) is 15.8. The van der Waals surface area contributed by atoms with Crippen LogP contribution >= 0.6 is 22.6 Å². The lowest BCUT2D eigenvalue weighted by molar-refractivity contribution is 0.389. The van der Waals surface area contributed by atoms with E-state index >= 15 is 0 Å². The van der Waals surface area contributed by atoms with E-state index in [1.54, 1.807) is 28.4 Å². The topological polar surface area (TPSA) is 105 Å². The highest BCUT2D eigenvalue weighted by Gasteiger charge is 2.21. The fourth-order valence-corrected chi connectivity index (χ4v) is 3.94. The van der Waals surface area contributed by atoms with Crippen LogP contribution < -0.4 is 35.3 Å². The van der Waals surface area contributed by atoms with Crippen molar-refractivity contribution >= 4 is 39.8 Å². The van der Waals surface area contributed by atoms with Gasteiger partial charge >= 0.3 is 0 Å². The van der Waals surface area contributed by atoms with E-state index < -0.39 is 0 Å². The molecule has 0 aliphatic rings. The summed E-state index contributed by atoms with van der Waals surface area (Å²) in [6.45, 7) is 2.86. The molecule has 8 nitrogen and oxygen atoms in total. The van der Waals surface area contributed by atoms with Gasteiger partial charge in [-0.25, -0.2) is 4.98 Å². The summed E-state index contributed by atoms with van der Waals surface area (Å²) in [6.07, 6.45) is 0. The molecular weight excluding hydrogens is 535 g/mol. The number of rotatable bonds is 9. The van der Waals surface area contributed by atoms with Crippen LogP contribution in [0.3, 0.4) is 0 Å². The molecule has 33 heavy (non-hydrogen) atoms. The normalized spacial score (nSPS) is 10.6. The summed E-state index contributed by atoms with van der Waals surface area (Å²) < 4.78 is 22.8. The second kappa shape index (κ2) is 10.7. The Balaban J connectivity index is 2.10. The fourth-order valence-electron chi connectivity index (χ4n) is 3.52. The predicted octanol–water partition coefficient (Wildman–Crippen LogP) is 4.40. The number of aromatic nitrogens is 1. The lowest BCUT2D eigenvalue weighted by Gasteiger charge is -2.28. The molecule has 0 spiro atoms. The summed E-state index contributed by atoms with van der Waals surface area (Å²) in [5.41, 5.74) is 16.4. The van der Waals surface area contributed by atoms with Gasteiger partial charge in [0.05, 0.1) is 49.1 Å². The van der Waals surface area contributed by atoms with Crippen molar-refractivity contribution in [3.63, 3.8) is 0 Å². The lowest BCUT2D eigenvalue weighted by Crippen LogP contribution is -2.26. The molecule has 0 atom stereocenters. The van der Waals surface area contributed by atoms with Crippen LogP contribution in [0.15, 0.2) is 36.4 Å². The number of benzene rings is 2. The Morgan fingerprint density at radius 3 is 1.70 bits per heavy atom. The van der Waals surface area contributed by atoms with Crippen molar-refractivity contribution in [1.82, 2.24) is 4.98 Å². The number of nitrogen functional groups attached to an aromatic ring is 2. The van der Waals surface area contributed by atoms with E-state index in [1.807, 2.05) is 43.3 Å². The Bertz CT molecular complexity index is 1080. The Morgan fingerprint density at radius 1 is 0.788 bits per heavy atom. The third kappa shape index (κ3) is 5.29. The number of nitrogens with two attached hydrogens (primary N) is 2. The van der Waals surface area contributed by atoms with Crippen LogP contribution in [-0.4, -0.2) is 33.4 Å². The van der Waals surface area contributed by atoms with Crippen molar-refractivity contribution in [1.29, 1.82) is 0 Å². The number of anilines is 3. The van der Waals surface area contributed by atoms with Crippen molar-refractivity contribution in [2.75, 3.05) is 44.8 Å². The lowest BCUT2D eigenvalue weighted by atomic mass is 10.1. The fraction of sp³-hybridized carbons (Fsp3) is 0.292. The summed E-state index contributed by atoms with van der Waals surface area (Å²) in [5, 5.41) is 0. The van der Waals surface area contributed by atoms with Crippen molar-refractivity contribution < 1.29 is 18.9 Å². The monoisotopic (exact) mass is 564 g/mol. The van der Waals surface area contributed by atoms with Crippen LogP contribution in [0.1, 0.15) is 16.8 Å². The van der Waals surface area contributed by atoms with Gasteiger partial charge in [-0.15, -0.1) is 0 Å². The van der Waals surface area contributed by atoms with Crippen molar-refractivity contribution in [3.8, 4) is 23.0 Å². The average molecular weight is 564 g/mol. The minimum Gasteiger partial charge on any atom is -0.497 e. The van der Waals surface area contributed by atoms with E-state index in [4.69, 9.17) is 35.4 Å². The maximum atomic E-state index is 6.46. The maximum absolute atomic E-state index is 6.46. The molecule has 0 saturated heterocycles. The SMILES string of the molecule is COc1ccc(CN(Cc2ccc(OC)cc2OC)c2nc(C)c(I)c(N)c2N)c(OC)c1. The van der Waals surface area contributed by atoms with Crippen LogP contribution in [0, 0.1) is 10.5 Å². The molecule has 0 radical (unpaired) electrons. The molecule has 0 bridgehead atoms. The first kappa shape index (κ1) is 24.6. The first-order valence-corrected chi connectivity index (χ1v) is 11.3. The van der Waals surface area contributed by atoms with Gasteiger partial charge in [-0.1, -0.05) is 0 Å². The van der Waals surface area contributed by atoms with E-state index in [0.29, 0.717) is 53.3 Å². The number of nitrogens with zero attached hydrogens (tertiary/aromatic N) is 2. The standard InChI is InChI=1S/C24H29IN4O4/c1-14-21(25)22(26)23(27)24(28-14)29(12-15-6-8-17(30-2)10-19(15)32-4)13-16-7-9-18(31-3)11-20(16)33-5/h6-11H,12-13,27H2,1-5H3,(H2,26,28). The van der Waals surface area contributed by atoms with Crippen LogP contribution in [0.25, 0.3) is 0 Å². The number of aryl methyl sites for hydroxylation is 1. The summed E-state index contributed by atoms with van der Waals surface area (Å²) in [6, 6.07) is 11.4. The molecule has 9 heteroatoms. The molecule has 176 valence electrons. The van der Waals surface area contributed by atoms with Gasteiger partial charge in [0, 0.05) is 36.3 Å². The van der Waals surface area contributed by atoms with Gasteiger partial charge < -0.3 is 35.3 Å². The average Bonchev–Trinajstić information content (AvgIpc) is 2.84. The number of hydrogen-bond donors (Lipinski definition) is 2. The Labute approximate surface area is 207 Å². The number of ether oxygens (including phenoxy) is 4. The molecular formula is C24H29IN4O4. The molecule has 3 aromatic rings. The highest BCUT2D eigenvalue weighted by molar-refractivity contribution is 14.1. The number of pyridine rings is 1. The molecule has 1 heterocycles. The minimum atomic E-state index is 0.435. The molecule has 4 N–H and O–H groups in total. The molecule has 3 rings (SSSR count). The highest BCUT2D eigenvalue weighted by Crippen LogP contribution is 2.36. The molecule has 0 aliphatic carbocycles. The van der Waals surface area contributed by atoms with Crippen LogP contribution in [0.5, 0.6) is 23.0 Å². The summed E-state index contributed by atoms with van der Waals surface area (Å²) >= 11 is 2.17. The van der Waals surface area contributed by atoms with Crippen molar-refractivity contribution in [3.05, 3.63) is 56.8 Å². The smallest absolute Gasteiger partial charge is 0.154 e. The molecule has 0 unspecified atom stereocenters. The zero-order valence-electron chi connectivity index (χ0n) is 19.4. The largest absolute Gasteiger partial charge is 0.497 e. The zero-order valence-corrected chi connectivity index (χ0v) is 21.6. The van der Waals surface area contributed by atoms with E-state index in [2.05, 4.69) is 27.5 Å². The molecule has 0 saturated carbocycles. The van der Waals surface area contributed by atoms with Gasteiger partial charge in [0.1, 0.15) is 23.0 Å². The van der Waals surface area contributed by atoms with Gasteiger partial charge in [0.25, 0.3) is 0 Å². The predicted molar refractivity (Wildman–Crippen MR) is 139 cm³/mol. The first-order valence-electron chi connectivity index (χ1n) is 10.2. The number of methoxy groups -OCH3 is 4. The van der Waals surface area contributed by atoms with Gasteiger partial charge in [-0.2, -0.15) is 0 Å². The molecule has 0 amide bonds. The summed E-state index contributed by atoms with van der Waals surface area (Å²) in [5.74, 6) is 3.43. The second-order valence-corrected chi connectivity index (χ2v) is 8.45. The molecule has 0 aliphatic heterocycles.